The van der Waals surface area contributed by atoms with Crippen molar-refractivity contribution in [3.8, 4) is 0 Å². The Morgan fingerprint density at radius 2 is 2.64 bits per heavy atom. The second-order valence-corrected chi connectivity index (χ2v) is 2.27. The van der Waals surface area contributed by atoms with Crippen LogP contribution in [0.3, 0.4) is 0 Å². The summed E-state index contributed by atoms with van der Waals surface area (Å²) in [5.41, 5.74) is -0.107. The zero-order chi connectivity index (χ0) is 8.27. The fourth-order valence-corrected chi connectivity index (χ4v) is 0.667. The van der Waals surface area contributed by atoms with E-state index in [0.717, 1.165) is 5.69 Å². The lowest BCUT2D eigenvalue weighted by Crippen LogP contribution is -1.92. The molecule has 0 aliphatic carbocycles. The summed E-state index contributed by atoms with van der Waals surface area (Å²) in [6.07, 6.45) is 0. The summed E-state index contributed by atoms with van der Waals surface area (Å²) in [5, 5.41) is 3.59. The third-order valence-corrected chi connectivity index (χ3v) is 1.11. The molecule has 0 saturated heterocycles. The number of aryl methyl sites for hydroxylation is 1. The molecule has 4 nitrogen and oxygen atoms in total. The molecule has 0 aliphatic heterocycles. The SMILES string of the molecule is Cc1cc(COC(=O)Cl)on1. The van der Waals surface area contributed by atoms with Gasteiger partial charge in [-0.2, -0.15) is 0 Å². The van der Waals surface area contributed by atoms with E-state index in [1.807, 2.05) is 0 Å². The summed E-state index contributed by atoms with van der Waals surface area (Å²) in [6.45, 7) is 1.80. The molecule has 5 heteroatoms. The highest BCUT2D eigenvalue weighted by molar-refractivity contribution is 6.61. The number of hydrogen-bond acceptors (Lipinski definition) is 4. The first-order chi connectivity index (χ1) is 5.18. The highest BCUT2D eigenvalue weighted by Gasteiger charge is 2.02. The first-order valence-corrected chi connectivity index (χ1v) is 3.31. The van der Waals surface area contributed by atoms with Crippen molar-refractivity contribution in [3.63, 3.8) is 0 Å². The Hall–Kier alpha value is -1.03. The molecule has 0 atom stereocenters. The van der Waals surface area contributed by atoms with Crippen LogP contribution in [0.2, 0.25) is 0 Å². The van der Waals surface area contributed by atoms with E-state index in [1.165, 1.54) is 0 Å². The Balaban J connectivity index is 2.45. The Morgan fingerprint density at radius 3 is 3.09 bits per heavy atom. The van der Waals surface area contributed by atoms with Crippen molar-refractivity contribution in [2.75, 3.05) is 0 Å². The van der Waals surface area contributed by atoms with Crippen molar-refractivity contribution in [3.05, 3.63) is 17.5 Å². The van der Waals surface area contributed by atoms with Gasteiger partial charge in [-0.3, -0.25) is 0 Å². The number of aromatic nitrogens is 1. The van der Waals surface area contributed by atoms with Gasteiger partial charge in [-0.25, -0.2) is 4.79 Å². The van der Waals surface area contributed by atoms with E-state index >= 15 is 0 Å². The lowest BCUT2D eigenvalue weighted by molar-refractivity contribution is 0.153. The molecule has 0 amide bonds. The van der Waals surface area contributed by atoms with Crippen LogP contribution in [0.4, 0.5) is 4.79 Å². The van der Waals surface area contributed by atoms with E-state index < -0.39 is 5.43 Å². The number of carbonyl (C=O) groups excluding carboxylic acids is 1. The van der Waals surface area contributed by atoms with Gasteiger partial charge in [0.25, 0.3) is 0 Å². The van der Waals surface area contributed by atoms with Gasteiger partial charge < -0.3 is 9.26 Å². The van der Waals surface area contributed by atoms with E-state index in [1.54, 1.807) is 13.0 Å². The third-order valence-electron chi connectivity index (χ3n) is 1.00. The van der Waals surface area contributed by atoms with E-state index in [4.69, 9.17) is 16.1 Å². The Morgan fingerprint density at radius 1 is 1.91 bits per heavy atom. The summed E-state index contributed by atoms with van der Waals surface area (Å²) < 4.78 is 9.16. The minimum Gasteiger partial charge on any atom is -0.445 e. The van der Waals surface area contributed by atoms with E-state index in [2.05, 4.69) is 9.89 Å². The summed E-state index contributed by atoms with van der Waals surface area (Å²) in [6, 6.07) is 1.67. The Bertz CT molecular complexity index is 258. The molecule has 1 aromatic heterocycles. The largest absolute Gasteiger partial charge is 0.445 e. The quantitative estimate of drug-likeness (QED) is 0.644. The van der Waals surface area contributed by atoms with Gasteiger partial charge in [-0.15, -0.1) is 0 Å². The monoisotopic (exact) mass is 175 g/mol. The molecular formula is C6H6ClNO3. The normalized spacial score (nSPS) is 9.64. The molecule has 1 rings (SSSR count). The summed E-state index contributed by atoms with van der Waals surface area (Å²) >= 11 is 4.91. The van der Waals surface area contributed by atoms with Gasteiger partial charge in [0.1, 0.15) is 0 Å². The Labute approximate surface area is 68.1 Å². The predicted molar refractivity (Wildman–Crippen MR) is 37.3 cm³/mol. The molecule has 1 aromatic rings. The van der Waals surface area contributed by atoms with Crippen LogP contribution in [0, 0.1) is 6.92 Å². The summed E-state index contributed by atoms with van der Waals surface area (Å²) in [4.78, 5) is 10.1. The standard InChI is InChI=1S/C6H6ClNO3/c1-4-2-5(11-8-4)3-10-6(7)9/h2H,3H2,1H3. The molecule has 0 radical (unpaired) electrons. The second-order valence-electron chi connectivity index (χ2n) is 1.96. The summed E-state index contributed by atoms with van der Waals surface area (Å²) in [5.74, 6) is 0.483. The molecule has 1 heterocycles. The lowest BCUT2D eigenvalue weighted by atomic mass is 10.4. The topological polar surface area (TPSA) is 52.3 Å². The van der Waals surface area contributed by atoms with Gasteiger partial charge in [0.2, 0.25) is 0 Å². The molecule has 0 N–H and O–H groups in total. The number of carbonyl (C=O) groups is 1. The maximum absolute atomic E-state index is 10.1. The minimum atomic E-state index is -0.848. The Kier molecular flexibility index (Phi) is 2.48. The molecule has 0 bridgehead atoms. The van der Waals surface area contributed by atoms with E-state index in [9.17, 15) is 4.79 Å². The van der Waals surface area contributed by atoms with Gasteiger partial charge in [0, 0.05) is 17.7 Å². The van der Waals surface area contributed by atoms with Crippen LogP contribution in [-0.2, 0) is 11.3 Å². The molecule has 60 valence electrons. The number of halogens is 1. The van der Waals surface area contributed by atoms with Crippen molar-refractivity contribution < 1.29 is 14.1 Å². The molecule has 0 fully saturated rings. The molecule has 0 unspecified atom stereocenters. The van der Waals surface area contributed by atoms with Crippen LogP contribution in [-0.4, -0.2) is 10.6 Å². The highest BCUT2D eigenvalue weighted by atomic mass is 35.5. The van der Waals surface area contributed by atoms with Crippen LogP contribution in [0.5, 0.6) is 0 Å². The number of hydrogen-bond donors (Lipinski definition) is 0. The number of ether oxygens (including phenoxy) is 1. The van der Waals surface area contributed by atoms with Crippen LogP contribution in [0.25, 0.3) is 0 Å². The maximum atomic E-state index is 10.1. The van der Waals surface area contributed by atoms with Gasteiger partial charge in [0.15, 0.2) is 12.4 Å². The van der Waals surface area contributed by atoms with E-state index in [0.29, 0.717) is 5.76 Å². The van der Waals surface area contributed by atoms with Crippen molar-refractivity contribution >= 4 is 17.0 Å². The van der Waals surface area contributed by atoms with Gasteiger partial charge in [-0.05, 0) is 6.92 Å². The third kappa shape index (κ3) is 2.59. The second kappa shape index (κ2) is 3.39. The molecule has 0 saturated carbocycles. The highest BCUT2D eigenvalue weighted by Crippen LogP contribution is 2.04. The summed E-state index contributed by atoms with van der Waals surface area (Å²) in [7, 11) is 0. The van der Waals surface area contributed by atoms with Crippen molar-refractivity contribution in [1.29, 1.82) is 0 Å². The van der Waals surface area contributed by atoms with Crippen LogP contribution in [0.15, 0.2) is 10.6 Å². The van der Waals surface area contributed by atoms with Gasteiger partial charge in [0.05, 0.1) is 5.69 Å². The molecule has 11 heavy (non-hydrogen) atoms. The van der Waals surface area contributed by atoms with Gasteiger partial charge in [-0.1, -0.05) is 5.16 Å². The minimum absolute atomic E-state index is 0.0309. The zero-order valence-corrected chi connectivity index (χ0v) is 6.59. The molecule has 0 spiro atoms. The average Bonchev–Trinajstić information content (AvgIpc) is 2.31. The number of nitrogens with zero attached hydrogens (tertiary/aromatic N) is 1. The average molecular weight is 176 g/mol. The molecule has 0 aliphatic rings. The number of rotatable bonds is 2. The van der Waals surface area contributed by atoms with Crippen molar-refractivity contribution in [2.24, 2.45) is 0 Å². The first kappa shape index (κ1) is 8.07. The van der Waals surface area contributed by atoms with Crippen LogP contribution in [0.1, 0.15) is 11.5 Å². The smallest absolute Gasteiger partial charge is 0.404 e. The zero-order valence-electron chi connectivity index (χ0n) is 5.83. The van der Waals surface area contributed by atoms with Gasteiger partial charge >= 0.3 is 5.43 Å². The van der Waals surface area contributed by atoms with Crippen LogP contribution < -0.4 is 0 Å². The first-order valence-electron chi connectivity index (χ1n) is 2.93. The molecular weight excluding hydrogens is 170 g/mol. The predicted octanol–water partition coefficient (Wildman–Crippen LogP) is 1.86. The maximum Gasteiger partial charge on any atom is 0.404 e. The molecule has 0 aromatic carbocycles. The lowest BCUT2D eigenvalue weighted by Gasteiger charge is -1.92. The van der Waals surface area contributed by atoms with Crippen LogP contribution >= 0.6 is 11.6 Å². The fourth-order valence-electron chi connectivity index (χ4n) is 0.612. The van der Waals surface area contributed by atoms with Crippen molar-refractivity contribution in [2.45, 2.75) is 13.5 Å². The van der Waals surface area contributed by atoms with Crippen molar-refractivity contribution in [1.82, 2.24) is 5.16 Å². The fraction of sp³-hybridized carbons (Fsp3) is 0.333. The van der Waals surface area contributed by atoms with E-state index in [-0.39, 0.29) is 6.61 Å².